The van der Waals surface area contributed by atoms with Gasteiger partial charge in [0.05, 0.1) is 10.5 Å². The molecule has 0 radical (unpaired) electrons. The Bertz CT molecular complexity index is 674. The molecule has 0 atom stereocenters. The van der Waals surface area contributed by atoms with Gasteiger partial charge in [0.25, 0.3) is 5.69 Å². The van der Waals surface area contributed by atoms with Crippen molar-refractivity contribution >= 4 is 17.3 Å². The molecule has 0 saturated carbocycles. The van der Waals surface area contributed by atoms with E-state index in [2.05, 4.69) is 4.98 Å². The lowest BCUT2D eigenvalue weighted by molar-refractivity contribution is -0.384. The van der Waals surface area contributed by atoms with Crippen LogP contribution in [0.5, 0.6) is 0 Å². The van der Waals surface area contributed by atoms with Crippen LogP contribution >= 0.6 is 11.6 Å². The zero-order valence-electron chi connectivity index (χ0n) is 9.69. The van der Waals surface area contributed by atoms with Crippen LogP contribution in [0.2, 0.25) is 5.15 Å². The zero-order chi connectivity index (χ0) is 14.9. The van der Waals surface area contributed by atoms with Crippen LogP contribution in [0.25, 0.3) is 11.1 Å². The first-order valence-electron chi connectivity index (χ1n) is 5.26. The quantitative estimate of drug-likeness (QED) is 0.471. The van der Waals surface area contributed by atoms with E-state index in [0.29, 0.717) is 6.20 Å². The summed E-state index contributed by atoms with van der Waals surface area (Å²) in [5.41, 5.74) is -1.02. The second-order valence-corrected chi connectivity index (χ2v) is 4.23. The van der Waals surface area contributed by atoms with Crippen molar-refractivity contribution in [2.75, 3.05) is 0 Å². The highest BCUT2D eigenvalue weighted by atomic mass is 35.5. The predicted octanol–water partition coefficient (Wildman–Crippen LogP) is 4.33. The molecule has 104 valence electrons. The van der Waals surface area contributed by atoms with Crippen LogP contribution in [-0.2, 0) is 6.18 Å². The number of alkyl halides is 3. The molecule has 0 N–H and O–H groups in total. The van der Waals surface area contributed by atoms with Crippen molar-refractivity contribution < 1.29 is 18.1 Å². The summed E-state index contributed by atoms with van der Waals surface area (Å²) in [5, 5.41) is 10.5. The number of benzene rings is 1. The van der Waals surface area contributed by atoms with Gasteiger partial charge in [-0.1, -0.05) is 23.7 Å². The van der Waals surface area contributed by atoms with Gasteiger partial charge in [-0.3, -0.25) is 10.1 Å². The van der Waals surface area contributed by atoms with Crippen LogP contribution in [0.1, 0.15) is 5.56 Å². The fourth-order valence-electron chi connectivity index (χ4n) is 1.59. The molecule has 0 aliphatic rings. The molecule has 8 heteroatoms. The molecule has 1 aromatic carbocycles. The lowest BCUT2D eigenvalue weighted by Crippen LogP contribution is -2.06. The van der Waals surface area contributed by atoms with Crippen LogP contribution in [0.15, 0.2) is 36.5 Å². The van der Waals surface area contributed by atoms with Gasteiger partial charge in [0.2, 0.25) is 0 Å². The third kappa shape index (κ3) is 2.88. The van der Waals surface area contributed by atoms with Crippen LogP contribution in [0.4, 0.5) is 18.9 Å². The fraction of sp³-hybridized carbons (Fsp3) is 0.0833. The number of aromatic nitrogens is 1. The number of nitro benzene ring substituents is 1. The number of non-ortho nitro benzene ring substituents is 1. The SMILES string of the molecule is O=[N+]([O-])c1cccc(-c2cc(C(F)(F)F)cnc2Cl)c1. The first-order valence-corrected chi connectivity index (χ1v) is 5.64. The summed E-state index contributed by atoms with van der Waals surface area (Å²) in [4.78, 5) is 13.5. The molecular weight excluding hydrogens is 297 g/mol. The molecule has 0 spiro atoms. The summed E-state index contributed by atoms with van der Waals surface area (Å²) < 4.78 is 37.9. The number of pyridine rings is 1. The number of hydrogen-bond donors (Lipinski definition) is 0. The van der Waals surface area contributed by atoms with Gasteiger partial charge in [-0.2, -0.15) is 13.2 Å². The number of hydrogen-bond acceptors (Lipinski definition) is 3. The molecule has 4 nitrogen and oxygen atoms in total. The van der Waals surface area contributed by atoms with E-state index in [1.807, 2.05) is 0 Å². The van der Waals surface area contributed by atoms with Crippen molar-refractivity contribution in [1.82, 2.24) is 4.98 Å². The Morgan fingerprint density at radius 1 is 1.25 bits per heavy atom. The lowest BCUT2D eigenvalue weighted by atomic mass is 10.1. The van der Waals surface area contributed by atoms with E-state index < -0.39 is 16.7 Å². The van der Waals surface area contributed by atoms with Gasteiger partial charge in [-0.05, 0) is 11.6 Å². The normalized spacial score (nSPS) is 11.4. The van der Waals surface area contributed by atoms with Crippen molar-refractivity contribution in [3.8, 4) is 11.1 Å². The van der Waals surface area contributed by atoms with Crippen LogP contribution in [-0.4, -0.2) is 9.91 Å². The monoisotopic (exact) mass is 302 g/mol. The molecule has 0 amide bonds. The maximum absolute atomic E-state index is 12.6. The Kier molecular flexibility index (Phi) is 3.63. The number of nitrogens with zero attached hydrogens (tertiary/aromatic N) is 2. The van der Waals surface area contributed by atoms with E-state index in [1.165, 1.54) is 18.2 Å². The Morgan fingerprint density at radius 2 is 1.95 bits per heavy atom. The lowest BCUT2D eigenvalue weighted by Gasteiger charge is -2.09. The molecule has 1 heterocycles. The second-order valence-electron chi connectivity index (χ2n) is 3.87. The van der Waals surface area contributed by atoms with Crippen molar-refractivity contribution in [3.63, 3.8) is 0 Å². The van der Waals surface area contributed by atoms with E-state index in [0.717, 1.165) is 12.1 Å². The van der Waals surface area contributed by atoms with Crippen molar-refractivity contribution in [3.05, 3.63) is 57.4 Å². The van der Waals surface area contributed by atoms with Gasteiger partial charge in [-0.25, -0.2) is 4.98 Å². The number of nitro groups is 1. The Labute approximate surface area is 116 Å². The molecule has 0 saturated heterocycles. The summed E-state index contributed by atoms with van der Waals surface area (Å²) in [5.74, 6) is 0. The van der Waals surface area contributed by atoms with Crippen LogP contribution in [0, 0.1) is 10.1 Å². The first kappa shape index (κ1) is 14.3. The van der Waals surface area contributed by atoms with Crippen LogP contribution in [0.3, 0.4) is 0 Å². The Morgan fingerprint density at radius 3 is 2.55 bits per heavy atom. The van der Waals surface area contributed by atoms with E-state index in [9.17, 15) is 23.3 Å². The molecule has 0 aliphatic heterocycles. The maximum Gasteiger partial charge on any atom is 0.417 e. The van der Waals surface area contributed by atoms with Gasteiger partial charge in [-0.15, -0.1) is 0 Å². The number of halogens is 4. The molecule has 2 aromatic rings. The average molecular weight is 303 g/mol. The van der Waals surface area contributed by atoms with E-state index in [4.69, 9.17) is 11.6 Å². The maximum atomic E-state index is 12.6. The van der Waals surface area contributed by atoms with Gasteiger partial charge >= 0.3 is 6.18 Å². The highest BCUT2D eigenvalue weighted by Crippen LogP contribution is 2.35. The molecule has 2 rings (SSSR count). The first-order chi connectivity index (χ1) is 9.29. The molecule has 20 heavy (non-hydrogen) atoms. The molecule has 0 unspecified atom stereocenters. The van der Waals surface area contributed by atoms with Crippen molar-refractivity contribution in [2.45, 2.75) is 6.18 Å². The summed E-state index contributed by atoms with van der Waals surface area (Å²) >= 11 is 5.76. The zero-order valence-corrected chi connectivity index (χ0v) is 10.4. The molecule has 1 aromatic heterocycles. The standard InChI is InChI=1S/C12H6ClF3N2O2/c13-11-10(5-8(6-17-11)12(14,15)16)7-2-1-3-9(4-7)18(19)20/h1-6H. The Balaban J connectivity index is 2.57. The molecule has 0 bridgehead atoms. The van der Waals surface area contributed by atoms with E-state index in [-0.39, 0.29) is 22.0 Å². The third-order valence-corrected chi connectivity index (χ3v) is 2.84. The van der Waals surface area contributed by atoms with Gasteiger partial charge in [0, 0.05) is 23.9 Å². The Hall–Kier alpha value is -2.15. The third-order valence-electron chi connectivity index (χ3n) is 2.53. The second kappa shape index (κ2) is 5.09. The summed E-state index contributed by atoms with van der Waals surface area (Å²) in [6, 6.07) is 5.98. The topological polar surface area (TPSA) is 56.0 Å². The molecule has 0 fully saturated rings. The van der Waals surface area contributed by atoms with E-state index >= 15 is 0 Å². The minimum atomic E-state index is -4.56. The molecule has 0 aliphatic carbocycles. The van der Waals surface area contributed by atoms with Crippen molar-refractivity contribution in [1.29, 1.82) is 0 Å². The van der Waals surface area contributed by atoms with Gasteiger partial charge in [0.1, 0.15) is 5.15 Å². The van der Waals surface area contributed by atoms with E-state index in [1.54, 1.807) is 0 Å². The smallest absolute Gasteiger partial charge is 0.258 e. The summed E-state index contributed by atoms with van der Waals surface area (Å²) in [6.07, 6.45) is -3.95. The van der Waals surface area contributed by atoms with Crippen LogP contribution < -0.4 is 0 Å². The number of rotatable bonds is 2. The van der Waals surface area contributed by atoms with Gasteiger partial charge < -0.3 is 0 Å². The summed E-state index contributed by atoms with van der Waals surface area (Å²) in [6.45, 7) is 0. The fourth-order valence-corrected chi connectivity index (χ4v) is 1.81. The largest absolute Gasteiger partial charge is 0.417 e. The van der Waals surface area contributed by atoms with Gasteiger partial charge in [0.15, 0.2) is 0 Å². The summed E-state index contributed by atoms with van der Waals surface area (Å²) in [7, 11) is 0. The highest BCUT2D eigenvalue weighted by Gasteiger charge is 2.31. The van der Waals surface area contributed by atoms with Crippen molar-refractivity contribution in [2.24, 2.45) is 0 Å². The average Bonchev–Trinajstić information content (AvgIpc) is 2.38. The molecular formula is C12H6ClF3N2O2. The minimum Gasteiger partial charge on any atom is -0.258 e. The highest BCUT2D eigenvalue weighted by molar-refractivity contribution is 6.32. The predicted molar refractivity (Wildman–Crippen MR) is 66.3 cm³/mol. The minimum absolute atomic E-state index is 0.00908.